The third-order valence-corrected chi connectivity index (χ3v) is 4.86. The van der Waals surface area contributed by atoms with Gasteiger partial charge in [-0.3, -0.25) is 4.79 Å². The van der Waals surface area contributed by atoms with Crippen LogP contribution < -0.4 is 0 Å². The quantitative estimate of drug-likeness (QED) is 0.752. The summed E-state index contributed by atoms with van der Waals surface area (Å²) in [4.78, 5) is 10.9. The number of thioether (sulfide) groups is 1. The molecule has 1 saturated carbocycles. The first kappa shape index (κ1) is 11.8. The molecule has 88 valence electrons. The van der Waals surface area contributed by atoms with E-state index in [1.54, 1.807) is 0 Å². The maximum atomic E-state index is 10.9. The van der Waals surface area contributed by atoms with Crippen LogP contribution in [0.3, 0.4) is 0 Å². The van der Waals surface area contributed by atoms with Crippen LogP contribution in [0.5, 0.6) is 0 Å². The summed E-state index contributed by atoms with van der Waals surface area (Å²) in [5.41, 5.74) is 3.22. The van der Waals surface area contributed by atoms with E-state index in [9.17, 15) is 4.79 Å². The molecule has 0 radical (unpaired) electrons. The van der Waals surface area contributed by atoms with E-state index < -0.39 is 0 Å². The molecule has 2 rings (SSSR count). The van der Waals surface area contributed by atoms with E-state index in [4.69, 9.17) is 0 Å². The molecule has 0 aliphatic heterocycles. The third kappa shape index (κ3) is 1.81. The van der Waals surface area contributed by atoms with Gasteiger partial charge in [-0.2, -0.15) is 11.8 Å². The Bertz CT molecular complexity index is 397. The van der Waals surface area contributed by atoms with Crippen molar-refractivity contribution >= 4 is 18.0 Å². The number of carbonyl (C=O) groups is 1. The Morgan fingerprint density at radius 1 is 1.44 bits per heavy atom. The fourth-order valence-corrected chi connectivity index (χ4v) is 3.88. The lowest BCUT2D eigenvalue weighted by atomic mass is 10.2. The van der Waals surface area contributed by atoms with Crippen LogP contribution in [0.2, 0.25) is 0 Å². The van der Waals surface area contributed by atoms with E-state index in [1.807, 2.05) is 17.8 Å². The minimum Gasteiger partial charge on any atom is -0.344 e. The SMILES string of the molecule is CSC1CCCC1n1c(C)cc(C=O)c1C. The highest BCUT2D eigenvalue weighted by Gasteiger charge is 2.29. The van der Waals surface area contributed by atoms with Crippen molar-refractivity contribution in [1.82, 2.24) is 4.57 Å². The van der Waals surface area contributed by atoms with Crippen molar-refractivity contribution in [3.63, 3.8) is 0 Å². The highest BCUT2D eigenvalue weighted by molar-refractivity contribution is 7.99. The van der Waals surface area contributed by atoms with Gasteiger partial charge in [-0.15, -0.1) is 0 Å². The van der Waals surface area contributed by atoms with Crippen molar-refractivity contribution in [3.05, 3.63) is 23.0 Å². The second-order valence-corrected chi connectivity index (χ2v) is 5.66. The number of aryl methyl sites for hydroxylation is 1. The Morgan fingerprint density at radius 2 is 2.19 bits per heavy atom. The number of aromatic nitrogens is 1. The first-order valence-electron chi connectivity index (χ1n) is 5.85. The monoisotopic (exact) mass is 237 g/mol. The summed E-state index contributed by atoms with van der Waals surface area (Å²) in [6.45, 7) is 4.17. The summed E-state index contributed by atoms with van der Waals surface area (Å²) in [6.07, 6.45) is 7.03. The van der Waals surface area contributed by atoms with Gasteiger partial charge in [0.05, 0.1) is 0 Å². The van der Waals surface area contributed by atoms with E-state index in [2.05, 4.69) is 24.7 Å². The second-order valence-electron chi connectivity index (χ2n) is 4.59. The molecule has 2 atom stereocenters. The van der Waals surface area contributed by atoms with Gasteiger partial charge in [0.25, 0.3) is 0 Å². The molecular weight excluding hydrogens is 218 g/mol. The van der Waals surface area contributed by atoms with E-state index in [-0.39, 0.29) is 0 Å². The van der Waals surface area contributed by atoms with Gasteiger partial charge < -0.3 is 4.57 Å². The van der Waals surface area contributed by atoms with Crippen LogP contribution in [0.1, 0.15) is 47.1 Å². The number of hydrogen-bond donors (Lipinski definition) is 0. The zero-order valence-corrected chi connectivity index (χ0v) is 11.0. The molecule has 3 heteroatoms. The molecule has 1 aliphatic carbocycles. The predicted molar refractivity (Wildman–Crippen MR) is 69.5 cm³/mol. The van der Waals surface area contributed by atoms with Gasteiger partial charge in [-0.05, 0) is 39.0 Å². The normalized spacial score (nSPS) is 24.9. The van der Waals surface area contributed by atoms with Crippen molar-refractivity contribution in [2.75, 3.05) is 6.26 Å². The minimum atomic E-state index is 0.587. The highest BCUT2D eigenvalue weighted by atomic mass is 32.2. The van der Waals surface area contributed by atoms with Crippen LogP contribution in [0.25, 0.3) is 0 Å². The summed E-state index contributed by atoms with van der Waals surface area (Å²) in [5, 5.41) is 0.712. The number of aldehydes is 1. The largest absolute Gasteiger partial charge is 0.344 e. The third-order valence-electron chi connectivity index (χ3n) is 3.70. The summed E-state index contributed by atoms with van der Waals surface area (Å²) in [6, 6.07) is 2.60. The fraction of sp³-hybridized carbons (Fsp3) is 0.615. The predicted octanol–water partition coefficient (Wildman–Crippen LogP) is 3.37. The average molecular weight is 237 g/mol. The molecule has 1 aromatic heterocycles. The van der Waals surface area contributed by atoms with Crippen molar-refractivity contribution < 1.29 is 4.79 Å². The molecule has 1 aromatic rings. The second kappa shape index (κ2) is 4.66. The van der Waals surface area contributed by atoms with Gasteiger partial charge in [0, 0.05) is 28.2 Å². The van der Waals surface area contributed by atoms with Gasteiger partial charge in [-0.1, -0.05) is 6.42 Å². The molecule has 0 spiro atoms. The number of carbonyl (C=O) groups excluding carboxylic acids is 1. The lowest BCUT2D eigenvalue weighted by molar-refractivity contribution is 0.112. The van der Waals surface area contributed by atoms with Crippen LogP contribution in [0.15, 0.2) is 6.07 Å². The molecule has 0 saturated heterocycles. The topological polar surface area (TPSA) is 22.0 Å². The summed E-state index contributed by atoms with van der Waals surface area (Å²) in [7, 11) is 0. The summed E-state index contributed by atoms with van der Waals surface area (Å²) < 4.78 is 2.37. The summed E-state index contributed by atoms with van der Waals surface area (Å²) in [5.74, 6) is 0. The zero-order chi connectivity index (χ0) is 11.7. The lowest BCUT2D eigenvalue weighted by Gasteiger charge is -2.23. The van der Waals surface area contributed by atoms with E-state index in [0.29, 0.717) is 11.3 Å². The number of rotatable bonds is 3. The van der Waals surface area contributed by atoms with E-state index in [0.717, 1.165) is 17.5 Å². The Balaban J connectivity index is 2.39. The van der Waals surface area contributed by atoms with E-state index in [1.165, 1.54) is 25.0 Å². The van der Waals surface area contributed by atoms with Crippen LogP contribution in [0, 0.1) is 13.8 Å². The maximum absolute atomic E-state index is 10.9. The van der Waals surface area contributed by atoms with Crippen molar-refractivity contribution in [2.24, 2.45) is 0 Å². The Hall–Kier alpha value is -0.700. The average Bonchev–Trinajstić information content (AvgIpc) is 2.83. The van der Waals surface area contributed by atoms with Crippen molar-refractivity contribution in [3.8, 4) is 0 Å². The van der Waals surface area contributed by atoms with Gasteiger partial charge in [0.15, 0.2) is 6.29 Å². The van der Waals surface area contributed by atoms with Gasteiger partial charge in [0.1, 0.15) is 0 Å². The fourth-order valence-electron chi connectivity index (χ4n) is 2.91. The van der Waals surface area contributed by atoms with Crippen LogP contribution in [-0.4, -0.2) is 22.4 Å². The van der Waals surface area contributed by atoms with Crippen LogP contribution in [-0.2, 0) is 0 Å². The maximum Gasteiger partial charge on any atom is 0.151 e. The minimum absolute atomic E-state index is 0.587. The molecule has 16 heavy (non-hydrogen) atoms. The van der Waals surface area contributed by atoms with Crippen molar-refractivity contribution in [1.29, 1.82) is 0 Å². The molecule has 1 heterocycles. The van der Waals surface area contributed by atoms with E-state index >= 15 is 0 Å². The van der Waals surface area contributed by atoms with Crippen LogP contribution >= 0.6 is 11.8 Å². The molecule has 0 bridgehead atoms. The zero-order valence-electron chi connectivity index (χ0n) is 10.2. The lowest BCUT2D eigenvalue weighted by Crippen LogP contribution is -2.18. The summed E-state index contributed by atoms with van der Waals surface area (Å²) >= 11 is 1.96. The molecule has 0 amide bonds. The number of nitrogens with zero attached hydrogens (tertiary/aromatic N) is 1. The first-order valence-corrected chi connectivity index (χ1v) is 7.14. The molecule has 0 aromatic carbocycles. The number of hydrogen-bond acceptors (Lipinski definition) is 2. The van der Waals surface area contributed by atoms with Crippen molar-refractivity contribution in [2.45, 2.75) is 44.4 Å². The molecule has 2 nitrogen and oxygen atoms in total. The van der Waals surface area contributed by atoms with Gasteiger partial charge in [0.2, 0.25) is 0 Å². The Morgan fingerprint density at radius 3 is 2.75 bits per heavy atom. The molecule has 1 aliphatic rings. The van der Waals surface area contributed by atoms with Gasteiger partial charge in [-0.25, -0.2) is 0 Å². The molecule has 0 N–H and O–H groups in total. The Labute approximate surface area is 101 Å². The van der Waals surface area contributed by atoms with Crippen LogP contribution in [0.4, 0.5) is 0 Å². The van der Waals surface area contributed by atoms with Gasteiger partial charge >= 0.3 is 0 Å². The standard InChI is InChI=1S/C13H19NOS/c1-9-7-11(8-15)10(2)14(9)12-5-4-6-13(12)16-3/h7-8,12-13H,4-6H2,1-3H3. The Kier molecular flexibility index (Phi) is 3.43. The molecule has 1 fully saturated rings. The molecule has 2 unspecified atom stereocenters. The highest BCUT2D eigenvalue weighted by Crippen LogP contribution is 2.39. The molecular formula is C13H19NOS. The smallest absolute Gasteiger partial charge is 0.151 e. The first-order chi connectivity index (χ1) is 7.69.